The van der Waals surface area contributed by atoms with Crippen molar-refractivity contribution in [2.75, 3.05) is 0 Å². The molecule has 0 saturated carbocycles. The molecule has 0 N–H and O–H groups in total. The van der Waals surface area contributed by atoms with Gasteiger partial charge < -0.3 is 4.74 Å². The lowest BCUT2D eigenvalue weighted by Gasteiger charge is -2.38. The molecule has 2 nitrogen and oxygen atoms in total. The van der Waals surface area contributed by atoms with Crippen molar-refractivity contribution in [2.45, 2.75) is 45.4 Å². The average Bonchev–Trinajstić information content (AvgIpc) is 2.83. The fraction of sp³-hybridized carbons (Fsp3) is 0.471. The summed E-state index contributed by atoms with van der Waals surface area (Å²) in [4.78, 5) is 5.00. The normalized spacial score (nSPS) is 31.6. The topological polar surface area (TPSA) is 21.6 Å². The third kappa shape index (κ3) is 2.25. The average molecular weight is 255 g/mol. The number of benzene rings is 1. The molecule has 0 aromatic heterocycles. The molecule has 0 spiro atoms. The van der Waals surface area contributed by atoms with Crippen molar-refractivity contribution in [1.29, 1.82) is 0 Å². The summed E-state index contributed by atoms with van der Waals surface area (Å²) in [6.07, 6.45) is 5.73. The first-order chi connectivity index (χ1) is 9.07. The Bertz CT molecular complexity index is 515. The maximum absolute atomic E-state index is 5.94. The summed E-state index contributed by atoms with van der Waals surface area (Å²) < 4.78 is 5.94. The van der Waals surface area contributed by atoms with Gasteiger partial charge in [-0.15, -0.1) is 0 Å². The van der Waals surface area contributed by atoms with E-state index in [-0.39, 0.29) is 23.7 Å². The molecule has 3 rings (SSSR count). The van der Waals surface area contributed by atoms with Gasteiger partial charge in [0, 0.05) is 17.5 Å². The molecule has 0 aliphatic carbocycles. The highest BCUT2D eigenvalue weighted by Crippen LogP contribution is 2.39. The van der Waals surface area contributed by atoms with Crippen LogP contribution in [0.3, 0.4) is 0 Å². The minimum absolute atomic E-state index is 0.00649. The van der Waals surface area contributed by atoms with E-state index < -0.39 is 0 Å². The Hall–Kier alpha value is -1.41. The summed E-state index contributed by atoms with van der Waals surface area (Å²) in [5.41, 5.74) is 2.57. The number of nitrogens with zero attached hydrogens (tertiary/aromatic N) is 1. The largest absolute Gasteiger partial charge is 0.366 e. The van der Waals surface area contributed by atoms with Crippen LogP contribution in [0.5, 0.6) is 0 Å². The van der Waals surface area contributed by atoms with Crippen LogP contribution in [0.4, 0.5) is 0 Å². The molecule has 100 valence electrons. The summed E-state index contributed by atoms with van der Waals surface area (Å²) in [6.45, 7) is 6.64. The smallest absolute Gasteiger partial charge is 0.0867 e. The van der Waals surface area contributed by atoms with E-state index in [1.807, 2.05) is 6.07 Å². The van der Waals surface area contributed by atoms with Gasteiger partial charge in [0.05, 0.1) is 18.2 Å². The molecule has 1 saturated heterocycles. The standard InChI is InChI=1S/C17H21NO/c1-12(13-7-5-4-6-8-13)18-15-11-14-9-10-16(19-14)17(15,2)3/h4-10,12,14,16H,11H2,1-3H3/t12-,14-,16+/m0/s1. The van der Waals surface area contributed by atoms with Crippen LogP contribution in [0, 0.1) is 5.41 Å². The fourth-order valence-corrected chi connectivity index (χ4v) is 2.91. The highest BCUT2D eigenvalue weighted by molar-refractivity contribution is 5.92. The van der Waals surface area contributed by atoms with Crippen molar-refractivity contribution in [3.05, 3.63) is 48.0 Å². The SMILES string of the molecule is C[C@H](N=C1C[C@@H]2C=C[C@@H](O2)C1(C)C)c1ccccc1. The van der Waals surface area contributed by atoms with Crippen LogP contribution in [0.1, 0.15) is 38.8 Å². The van der Waals surface area contributed by atoms with Gasteiger partial charge in [-0.2, -0.15) is 0 Å². The molecular weight excluding hydrogens is 234 g/mol. The van der Waals surface area contributed by atoms with Crippen molar-refractivity contribution in [1.82, 2.24) is 0 Å². The lowest BCUT2D eigenvalue weighted by atomic mass is 9.78. The van der Waals surface area contributed by atoms with Crippen molar-refractivity contribution in [3.63, 3.8) is 0 Å². The van der Waals surface area contributed by atoms with Crippen molar-refractivity contribution in [3.8, 4) is 0 Å². The third-order valence-corrected chi connectivity index (χ3v) is 4.30. The Morgan fingerprint density at radius 2 is 1.95 bits per heavy atom. The van der Waals surface area contributed by atoms with Crippen LogP contribution in [0.25, 0.3) is 0 Å². The first-order valence-electron chi connectivity index (χ1n) is 7.03. The van der Waals surface area contributed by atoms with E-state index in [0.29, 0.717) is 0 Å². The molecule has 2 aliphatic rings. The number of hydrogen-bond donors (Lipinski definition) is 0. The number of hydrogen-bond acceptors (Lipinski definition) is 2. The van der Waals surface area contributed by atoms with Gasteiger partial charge in [-0.25, -0.2) is 0 Å². The van der Waals surface area contributed by atoms with Crippen molar-refractivity contribution >= 4 is 5.71 Å². The van der Waals surface area contributed by atoms with E-state index in [0.717, 1.165) is 6.42 Å². The molecule has 0 unspecified atom stereocenters. The van der Waals surface area contributed by atoms with Gasteiger partial charge in [-0.05, 0) is 12.5 Å². The predicted molar refractivity (Wildman–Crippen MR) is 78.5 cm³/mol. The van der Waals surface area contributed by atoms with Gasteiger partial charge >= 0.3 is 0 Å². The van der Waals surface area contributed by atoms with Gasteiger partial charge in [0.25, 0.3) is 0 Å². The zero-order valence-corrected chi connectivity index (χ0v) is 11.8. The monoisotopic (exact) mass is 255 g/mol. The highest BCUT2D eigenvalue weighted by Gasteiger charge is 2.43. The number of aliphatic imine (C=N–C) groups is 1. The quantitative estimate of drug-likeness (QED) is 0.733. The molecule has 2 aliphatic heterocycles. The second-order valence-electron chi connectivity index (χ2n) is 6.07. The van der Waals surface area contributed by atoms with Gasteiger partial charge in [-0.3, -0.25) is 4.99 Å². The summed E-state index contributed by atoms with van der Waals surface area (Å²) in [5.74, 6) is 0. The molecule has 0 radical (unpaired) electrons. The van der Waals surface area contributed by atoms with Crippen LogP contribution in [-0.4, -0.2) is 17.9 Å². The van der Waals surface area contributed by atoms with Crippen LogP contribution < -0.4 is 0 Å². The Morgan fingerprint density at radius 1 is 1.21 bits per heavy atom. The molecule has 2 bridgehead atoms. The summed E-state index contributed by atoms with van der Waals surface area (Å²) in [7, 11) is 0. The molecule has 1 fully saturated rings. The predicted octanol–water partition coefficient (Wildman–Crippen LogP) is 3.94. The Labute approximate surface area is 115 Å². The molecule has 3 atom stereocenters. The van der Waals surface area contributed by atoms with Crippen molar-refractivity contribution in [2.24, 2.45) is 10.4 Å². The lowest BCUT2D eigenvalue weighted by Crippen LogP contribution is -2.43. The molecule has 1 aromatic carbocycles. The number of ether oxygens (including phenoxy) is 1. The molecule has 1 aromatic rings. The maximum Gasteiger partial charge on any atom is 0.0867 e. The number of fused-ring (bicyclic) bond motifs is 2. The zero-order valence-electron chi connectivity index (χ0n) is 11.8. The van der Waals surface area contributed by atoms with Crippen LogP contribution >= 0.6 is 0 Å². The second-order valence-corrected chi connectivity index (χ2v) is 6.07. The minimum Gasteiger partial charge on any atom is -0.366 e. The second kappa shape index (κ2) is 4.61. The Morgan fingerprint density at radius 3 is 2.68 bits per heavy atom. The molecular formula is C17H21NO. The van der Waals surface area contributed by atoms with E-state index in [4.69, 9.17) is 9.73 Å². The van der Waals surface area contributed by atoms with E-state index in [1.54, 1.807) is 0 Å². The molecule has 2 heterocycles. The van der Waals surface area contributed by atoms with Crippen LogP contribution in [0.2, 0.25) is 0 Å². The summed E-state index contributed by atoms with van der Waals surface area (Å²) in [6, 6.07) is 10.7. The molecule has 19 heavy (non-hydrogen) atoms. The van der Waals surface area contributed by atoms with E-state index >= 15 is 0 Å². The van der Waals surface area contributed by atoms with E-state index in [2.05, 4.69) is 57.2 Å². The first kappa shape index (κ1) is 12.6. The summed E-state index contributed by atoms with van der Waals surface area (Å²) in [5, 5.41) is 0. The third-order valence-electron chi connectivity index (χ3n) is 4.30. The fourth-order valence-electron chi connectivity index (χ4n) is 2.91. The Kier molecular flexibility index (Phi) is 3.06. The first-order valence-corrected chi connectivity index (χ1v) is 7.03. The Balaban J connectivity index is 1.87. The van der Waals surface area contributed by atoms with Gasteiger partial charge in [-0.1, -0.05) is 56.3 Å². The lowest BCUT2D eigenvalue weighted by molar-refractivity contribution is 0.000398. The van der Waals surface area contributed by atoms with E-state index in [9.17, 15) is 0 Å². The van der Waals surface area contributed by atoms with Gasteiger partial charge in [0.2, 0.25) is 0 Å². The zero-order chi connectivity index (χ0) is 13.5. The molecule has 2 heteroatoms. The van der Waals surface area contributed by atoms with Gasteiger partial charge in [0.15, 0.2) is 0 Å². The molecule has 0 amide bonds. The maximum atomic E-state index is 5.94. The van der Waals surface area contributed by atoms with Crippen LogP contribution in [0.15, 0.2) is 47.5 Å². The van der Waals surface area contributed by atoms with E-state index in [1.165, 1.54) is 11.3 Å². The van der Waals surface area contributed by atoms with Crippen LogP contribution in [-0.2, 0) is 4.74 Å². The number of rotatable bonds is 2. The van der Waals surface area contributed by atoms with Crippen molar-refractivity contribution < 1.29 is 4.74 Å². The highest BCUT2D eigenvalue weighted by atomic mass is 16.5. The minimum atomic E-state index is 0.00649. The summed E-state index contributed by atoms with van der Waals surface area (Å²) >= 11 is 0. The van der Waals surface area contributed by atoms with Gasteiger partial charge in [0.1, 0.15) is 0 Å².